The van der Waals surface area contributed by atoms with Gasteiger partial charge in [0.2, 0.25) is 11.0 Å². The van der Waals surface area contributed by atoms with E-state index >= 15 is 0 Å². The third-order valence-electron chi connectivity index (χ3n) is 2.40. The molecule has 0 fully saturated rings. The van der Waals surface area contributed by atoms with Crippen molar-refractivity contribution in [3.63, 3.8) is 0 Å². The number of thioether (sulfide) groups is 1. The van der Waals surface area contributed by atoms with E-state index in [1.807, 2.05) is 0 Å². The second kappa shape index (κ2) is 5.82. The van der Waals surface area contributed by atoms with Gasteiger partial charge in [-0.1, -0.05) is 23.9 Å². The molecule has 2 aromatic rings. The smallest absolute Gasteiger partial charge is 0.299 e. The van der Waals surface area contributed by atoms with E-state index < -0.39 is 17.2 Å². The first kappa shape index (κ1) is 14.2. The number of benzene rings is 1. The topological polar surface area (TPSA) is 99.9 Å². The number of alkyl halides is 2. The molecule has 7 nitrogen and oxygen atoms in total. The zero-order chi connectivity index (χ0) is 14.7. The van der Waals surface area contributed by atoms with Crippen LogP contribution in [0.3, 0.4) is 0 Å². The molecule has 0 atom stereocenters. The van der Waals surface area contributed by atoms with Gasteiger partial charge in [-0.15, -0.1) is 10.2 Å². The van der Waals surface area contributed by atoms with Crippen LogP contribution in [0.1, 0.15) is 17.8 Å². The first-order chi connectivity index (χ1) is 9.49. The van der Waals surface area contributed by atoms with Crippen LogP contribution in [0.2, 0.25) is 0 Å². The Labute approximate surface area is 115 Å². The zero-order valence-corrected chi connectivity index (χ0v) is 10.8. The molecule has 2 N–H and O–H groups in total. The number of rotatable bonds is 5. The fraction of sp³-hybridized carbons (Fsp3) is 0.200. The SMILES string of the molecule is Nn1c(SCc2ccc([N+](=O)[O-])cc2)nnc1C(F)F. The van der Waals surface area contributed by atoms with Crippen LogP contribution in [0.25, 0.3) is 0 Å². The Balaban J connectivity index is 2.03. The summed E-state index contributed by atoms with van der Waals surface area (Å²) in [6, 6.07) is 5.90. The van der Waals surface area contributed by atoms with Crippen molar-refractivity contribution >= 4 is 17.4 Å². The normalized spacial score (nSPS) is 10.9. The number of nitro groups is 1. The van der Waals surface area contributed by atoms with Crippen LogP contribution in [0, 0.1) is 10.1 Å². The van der Waals surface area contributed by atoms with Crippen molar-refractivity contribution in [3.8, 4) is 0 Å². The van der Waals surface area contributed by atoms with Gasteiger partial charge in [0, 0.05) is 17.9 Å². The summed E-state index contributed by atoms with van der Waals surface area (Å²) < 4.78 is 25.6. The van der Waals surface area contributed by atoms with Crippen molar-refractivity contribution in [2.75, 3.05) is 5.84 Å². The van der Waals surface area contributed by atoms with Crippen LogP contribution in [0.4, 0.5) is 14.5 Å². The molecular formula is C10H9F2N5O2S. The number of nitro benzene ring substituents is 1. The maximum absolute atomic E-state index is 12.4. The zero-order valence-electron chi connectivity index (χ0n) is 9.94. The van der Waals surface area contributed by atoms with Gasteiger partial charge in [-0.3, -0.25) is 10.1 Å². The number of non-ortho nitro benzene ring substituents is 1. The molecule has 2 rings (SSSR count). The summed E-state index contributed by atoms with van der Waals surface area (Å²) in [6.45, 7) is 0. The Morgan fingerprint density at radius 2 is 2.00 bits per heavy atom. The van der Waals surface area contributed by atoms with Gasteiger partial charge in [0.1, 0.15) is 0 Å². The standard InChI is InChI=1S/C10H9F2N5O2S/c11-8(12)9-14-15-10(16(9)13)20-5-6-1-3-7(4-2-6)17(18)19/h1-4,8H,5,13H2. The predicted octanol–water partition coefficient (Wildman–Crippen LogP) is 2.13. The Bertz CT molecular complexity index is 617. The number of nitrogens with zero attached hydrogens (tertiary/aromatic N) is 4. The molecule has 0 saturated heterocycles. The van der Waals surface area contributed by atoms with Crippen LogP contribution >= 0.6 is 11.8 Å². The summed E-state index contributed by atoms with van der Waals surface area (Å²) in [5.41, 5.74) is 0.767. The fourth-order valence-electron chi connectivity index (χ4n) is 1.40. The maximum Gasteiger partial charge on any atom is 0.299 e. The molecular weight excluding hydrogens is 292 g/mol. The first-order valence-corrected chi connectivity index (χ1v) is 6.32. The highest BCUT2D eigenvalue weighted by Gasteiger charge is 2.18. The molecule has 10 heteroatoms. The van der Waals surface area contributed by atoms with E-state index in [1.165, 1.54) is 12.1 Å². The quantitative estimate of drug-likeness (QED) is 0.393. The average molecular weight is 301 g/mol. The van der Waals surface area contributed by atoms with Crippen molar-refractivity contribution in [3.05, 3.63) is 45.8 Å². The molecule has 0 unspecified atom stereocenters. The van der Waals surface area contributed by atoms with E-state index in [0.717, 1.165) is 22.0 Å². The fourth-order valence-corrected chi connectivity index (χ4v) is 2.22. The predicted molar refractivity (Wildman–Crippen MR) is 67.8 cm³/mol. The van der Waals surface area contributed by atoms with Crippen molar-refractivity contribution in [1.29, 1.82) is 0 Å². The van der Waals surface area contributed by atoms with E-state index in [-0.39, 0.29) is 10.8 Å². The highest BCUT2D eigenvalue weighted by molar-refractivity contribution is 7.98. The molecule has 1 aromatic carbocycles. The molecule has 0 aliphatic heterocycles. The third-order valence-corrected chi connectivity index (χ3v) is 3.42. The van der Waals surface area contributed by atoms with Crippen LogP contribution in [-0.2, 0) is 5.75 Å². The van der Waals surface area contributed by atoms with Gasteiger partial charge in [-0.05, 0) is 5.56 Å². The second-order valence-corrected chi connectivity index (χ2v) is 4.67. The molecule has 0 aliphatic carbocycles. The summed E-state index contributed by atoms with van der Waals surface area (Å²) in [4.78, 5) is 10.00. The molecule has 0 aliphatic rings. The molecule has 0 bridgehead atoms. The van der Waals surface area contributed by atoms with Crippen molar-refractivity contribution in [1.82, 2.24) is 14.9 Å². The molecule has 20 heavy (non-hydrogen) atoms. The van der Waals surface area contributed by atoms with Gasteiger partial charge in [-0.25, -0.2) is 13.5 Å². The number of halogens is 2. The van der Waals surface area contributed by atoms with Crippen LogP contribution in [-0.4, -0.2) is 19.8 Å². The largest absolute Gasteiger partial charge is 0.335 e. The molecule has 0 spiro atoms. The molecule has 0 saturated carbocycles. The average Bonchev–Trinajstić information content (AvgIpc) is 2.78. The number of nitrogen functional groups attached to an aromatic ring is 1. The lowest BCUT2D eigenvalue weighted by Crippen LogP contribution is -2.14. The molecule has 106 valence electrons. The molecule has 0 radical (unpaired) electrons. The van der Waals surface area contributed by atoms with E-state index in [1.54, 1.807) is 12.1 Å². The third kappa shape index (κ3) is 3.02. The summed E-state index contributed by atoms with van der Waals surface area (Å²) in [5.74, 6) is 5.22. The lowest BCUT2D eigenvalue weighted by Gasteiger charge is -2.03. The molecule has 1 aromatic heterocycles. The van der Waals surface area contributed by atoms with Crippen LogP contribution in [0.5, 0.6) is 0 Å². The van der Waals surface area contributed by atoms with E-state index in [0.29, 0.717) is 5.75 Å². The minimum Gasteiger partial charge on any atom is -0.335 e. The van der Waals surface area contributed by atoms with Crippen molar-refractivity contribution in [2.24, 2.45) is 0 Å². The number of hydrogen-bond donors (Lipinski definition) is 1. The highest BCUT2D eigenvalue weighted by Crippen LogP contribution is 2.24. The van der Waals surface area contributed by atoms with E-state index in [9.17, 15) is 18.9 Å². The summed E-state index contributed by atoms with van der Waals surface area (Å²) in [5, 5.41) is 17.5. The Morgan fingerprint density at radius 1 is 1.35 bits per heavy atom. The highest BCUT2D eigenvalue weighted by atomic mass is 32.2. The first-order valence-electron chi connectivity index (χ1n) is 5.33. The Hall–Kier alpha value is -2.23. The Kier molecular flexibility index (Phi) is 4.13. The second-order valence-electron chi connectivity index (χ2n) is 3.72. The van der Waals surface area contributed by atoms with Gasteiger partial charge in [-0.2, -0.15) is 0 Å². The Morgan fingerprint density at radius 3 is 2.50 bits per heavy atom. The van der Waals surface area contributed by atoms with Gasteiger partial charge >= 0.3 is 0 Å². The lowest BCUT2D eigenvalue weighted by atomic mass is 10.2. The van der Waals surface area contributed by atoms with Crippen LogP contribution in [0.15, 0.2) is 29.4 Å². The lowest BCUT2D eigenvalue weighted by molar-refractivity contribution is -0.384. The summed E-state index contributed by atoms with van der Waals surface area (Å²) in [7, 11) is 0. The number of nitrogens with two attached hydrogens (primary N) is 1. The maximum atomic E-state index is 12.4. The molecule has 0 amide bonds. The monoisotopic (exact) mass is 301 g/mol. The van der Waals surface area contributed by atoms with Gasteiger partial charge in [0.15, 0.2) is 0 Å². The summed E-state index contributed by atoms with van der Waals surface area (Å²) >= 11 is 1.11. The summed E-state index contributed by atoms with van der Waals surface area (Å²) in [6.07, 6.45) is -2.79. The van der Waals surface area contributed by atoms with Gasteiger partial charge in [0.05, 0.1) is 4.92 Å². The number of hydrogen-bond acceptors (Lipinski definition) is 6. The van der Waals surface area contributed by atoms with Gasteiger partial charge < -0.3 is 5.84 Å². The van der Waals surface area contributed by atoms with Gasteiger partial charge in [0.25, 0.3) is 12.1 Å². The van der Waals surface area contributed by atoms with Crippen molar-refractivity contribution < 1.29 is 13.7 Å². The van der Waals surface area contributed by atoms with E-state index in [2.05, 4.69) is 10.2 Å². The van der Waals surface area contributed by atoms with E-state index in [4.69, 9.17) is 5.84 Å². The minimum atomic E-state index is -2.79. The van der Waals surface area contributed by atoms with Crippen LogP contribution < -0.4 is 5.84 Å². The molecule has 1 heterocycles. The van der Waals surface area contributed by atoms with Crippen molar-refractivity contribution in [2.45, 2.75) is 17.3 Å². The minimum absolute atomic E-state index is 0.0132. The number of aromatic nitrogens is 3.